The maximum atomic E-state index is 13.7. The molecule has 0 aliphatic rings. The number of nitrogens with zero attached hydrogens (tertiary/aromatic N) is 2. The maximum absolute atomic E-state index is 13.7. The standard InChI is InChI=1S/C11H7FN2O4S2/c12-8-4-7(14(17)18)1-2-9(8)20-11-13-6(5-19-11)3-10(15)16/h1-2,4-5H,3H2,(H,15,16). The molecule has 0 fully saturated rings. The van der Waals surface area contributed by atoms with Crippen molar-refractivity contribution in [3.8, 4) is 0 Å². The number of rotatable bonds is 5. The second-order valence-electron chi connectivity index (χ2n) is 3.65. The van der Waals surface area contributed by atoms with E-state index in [-0.39, 0.29) is 17.0 Å². The first-order chi connectivity index (χ1) is 9.45. The molecule has 0 aliphatic heterocycles. The van der Waals surface area contributed by atoms with Crippen LogP contribution in [-0.2, 0) is 11.2 Å². The first-order valence-corrected chi connectivity index (χ1v) is 6.93. The van der Waals surface area contributed by atoms with Gasteiger partial charge in [0.1, 0.15) is 5.82 Å². The smallest absolute Gasteiger partial charge is 0.309 e. The van der Waals surface area contributed by atoms with Crippen LogP contribution in [0.3, 0.4) is 0 Å². The van der Waals surface area contributed by atoms with Gasteiger partial charge in [0.2, 0.25) is 0 Å². The van der Waals surface area contributed by atoms with Gasteiger partial charge in [0.05, 0.1) is 28.0 Å². The Balaban J connectivity index is 2.15. The highest BCUT2D eigenvalue weighted by Gasteiger charge is 2.13. The monoisotopic (exact) mass is 314 g/mol. The summed E-state index contributed by atoms with van der Waals surface area (Å²) in [7, 11) is 0. The fraction of sp³-hybridized carbons (Fsp3) is 0.0909. The quantitative estimate of drug-likeness (QED) is 0.673. The van der Waals surface area contributed by atoms with E-state index >= 15 is 0 Å². The number of carboxylic acids is 1. The molecule has 1 aromatic carbocycles. The molecule has 9 heteroatoms. The molecule has 0 spiro atoms. The molecule has 0 saturated heterocycles. The van der Waals surface area contributed by atoms with E-state index < -0.39 is 16.7 Å². The van der Waals surface area contributed by atoms with Crippen molar-refractivity contribution >= 4 is 34.8 Å². The van der Waals surface area contributed by atoms with Crippen LogP contribution in [-0.4, -0.2) is 21.0 Å². The van der Waals surface area contributed by atoms with E-state index in [2.05, 4.69) is 4.98 Å². The summed E-state index contributed by atoms with van der Waals surface area (Å²) in [5.74, 6) is -1.70. The van der Waals surface area contributed by atoms with Crippen LogP contribution in [0.5, 0.6) is 0 Å². The SMILES string of the molecule is O=C(O)Cc1csc(Sc2ccc([N+](=O)[O-])cc2F)n1. The van der Waals surface area contributed by atoms with Gasteiger partial charge in [-0.05, 0) is 6.07 Å². The highest BCUT2D eigenvalue weighted by molar-refractivity contribution is 8.01. The van der Waals surface area contributed by atoms with Crippen LogP contribution >= 0.6 is 23.1 Å². The Morgan fingerprint density at radius 1 is 1.55 bits per heavy atom. The van der Waals surface area contributed by atoms with Crippen LogP contribution in [0.15, 0.2) is 32.8 Å². The van der Waals surface area contributed by atoms with Gasteiger partial charge >= 0.3 is 5.97 Å². The summed E-state index contributed by atoms with van der Waals surface area (Å²) in [4.78, 5) is 24.6. The Hall–Kier alpha value is -2.00. The van der Waals surface area contributed by atoms with Crippen molar-refractivity contribution in [3.05, 3.63) is 45.2 Å². The number of thiazole rings is 1. The van der Waals surface area contributed by atoms with E-state index in [9.17, 15) is 19.3 Å². The van der Waals surface area contributed by atoms with Crippen LogP contribution < -0.4 is 0 Å². The van der Waals surface area contributed by atoms with E-state index in [0.717, 1.165) is 17.8 Å². The molecule has 2 aromatic rings. The fourth-order valence-corrected chi connectivity index (χ4v) is 3.14. The lowest BCUT2D eigenvalue weighted by atomic mass is 10.3. The second kappa shape index (κ2) is 5.97. The van der Waals surface area contributed by atoms with Crippen molar-refractivity contribution in [3.63, 3.8) is 0 Å². The molecule has 0 aliphatic carbocycles. The summed E-state index contributed by atoms with van der Waals surface area (Å²) in [6, 6.07) is 3.35. The van der Waals surface area contributed by atoms with Crippen molar-refractivity contribution in [2.75, 3.05) is 0 Å². The molecule has 0 saturated carbocycles. The molecule has 1 heterocycles. The van der Waals surface area contributed by atoms with E-state index in [0.29, 0.717) is 10.0 Å². The predicted molar refractivity (Wildman–Crippen MR) is 70.6 cm³/mol. The number of aromatic nitrogens is 1. The molecule has 2 rings (SSSR count). The minimum Gasteiger partial charge on any atom is -0.481 e. The second-order valence-corrected chi connectivity index (χ2v) is 5.80. The molecule has 1 N–H and O–H groups in total. The first kappa shape index (κ1) is 14.4. The minimum atomic E-state index is -0.992. The summed E-state index contributed by atoms with van der Waals surface area (Å²) < 4.78 is 14.2. The zero-order valence-corrected chi connectivity index (χ0v) is 11.4. The van der Waals surface area contributed by atoms with Gasteiger partial charge in [0.15, 0.2) is 4.34 Å². The van der Waals surface area contributed by atoms with Gasteiger partial charge in [0.25, 0.3) is 5.69 Å². The normalized spacial score (nSPS) is 10.4. The molecular formula is C11H7FN2O4S2. The Kier molecular flexibility index (Phi) is 4.30. The molecule has 0 unspecified atom stereocenters. The summed E-state index contributed by atoms with van der Waals surface area (Å²) >= 11 is 2.19. The Morgan fingerprint density at radius 3 is 2.90 bits per heavy atom. The topological polar surface area (TPSA) is 93.3 Å². The Morgan fingerprint density at radius 2 is 2.30 bits per heavy atom. The van der Waals surface area contributed by atoms with Crippen LogP contribution in [0, 0.1) is 15.9 Å². The van der Waals surface area contributed by atoms with Crippen molar-refractivity contribution < 1.29 is 19.2 Å². The fourth-order valence-electron chi connectivity index (χ4n) is 1.35. The zero-order chi connectivity index (χ0) is 14.7. The minimum absolute atomic E-state index is 0.195. The number of carbonyl (C=O) groups is 1. The van der Waals surface area contributed by atoms with Gasteiger partial charge in [-0.2, -0.15) is 0 Å². The molecule has 6 nitrogen and oxygen atoms in total. The Bertz CT molecular complexity index is 674. The number of nitro benzene ring substituents is 1. The van der Waals surface area contributed by atoms with Crippen molar-refractivity contribution in [1.82, 2.24) is 4.98 Å². The molecule has 0 bridgehead atoms. The Labute approximate surface area is 120 Å². The molecule has 0 amide bonds. The predicted octanol–water partition coefficient (Wildman–Crippen LogP) is 2.97. The molecule has 1 aromatic heterocycles. The highest BCUT2D eigenvalue weighted by Crippen LogP contribution is 2.33. The zero-order valence-electron chi connectivity index (χ0n) is 9.78. The summed E-state index contributed by atoms with van der Waals surface area (Å²) in [5, 5.41) is 20.7. The third-order valence-corrected chi connectivity index (χ3v) is 4.22. The molecular weight excluding hydrogens is 307 g/mol. The van der Waals surface area contributed by atoms with Gasteiger partial charge in [-0.1, -0.05) is 11.8 Å². The van der Waals surface area contributed by atoms with Crippen molar-refractivity contribution in [1.29, 1.82) is 0 Å². The summed E-state index contributed by atoms with van der Waals surface area (Å²) in [6.07, 6.45) is -0.195. The van der Waals surface area contributed by atoms with Crippen LogP contribution in [0.25, 0.3) is 0 Å². The lowest BCUT2D eigenvalue weighted by Crippen LogP contribution is -1.99. The number of carboxylic acid groups (broad SMARTS) is 1. The third-order valence-electron chi connectivity index (χ3n) is 2.19. The highest BCUT2D eigenvalue weighted by atomic mass is 32.2. The summed E-state index contributed by atoms with van der Waals surface area (Å²) in [5.41, 5.74) is 0.0740. The average molecular weight is 314 g/mol. The van der Waals surface area contributed by atoms with Crippen LogP contribution in [0.1, 0.15) is 5.69 Å². The number of nitro groups is 1. The van der Waals surface area contributed by atoms with Crippen molar-refractivity contribution in [2.24, 2.45) is 0 Å². The maximum Gasteiger partial charge on any atom is 0.309 e. The van der Waals surface area contributed by atoms with E-state index in [4.69, 9.17) is 5.11 Å². The summed E-state index contributed by atoms with van der Waals surface area (Å²) in [6.45, 7) is 0. The molecule has 0 radical (unpaired) electrons. The molecule has 0 atom stereocenters. The third kappa shape index (κ3) is 3.52. The molecule has 20 heavy (non-hydrogen) atoms. The van der Waals surface area contributed by atoms with Gasteiger partial charge < -0.3 is 5.11 Å². The first-order valence-electron chi connectivity index (χ1n) is 5.23. The van der Waals surface area contributed by atoms with Gasteiger partial charge in [-0.25, -0.2) is 9.37 Å². The number of benzene rings is 1. The van der Waals surface area contributed by atoms with E-state index in [1.165, 1.54) is 23.5 Å². The van der Waals surface area contributed by atoms with E-state index in [1.54, 1.807) is 5.38 Å². The number of hydrogen-bond donors (Lipinski definition) is 1. The van der Waals surface area contributed by atoms with Crippen LogP contribution in [0.4, 0.5) is 10.1 Å². The number of non-ortho nitro benzene ring substituents is 1. The lowest BCUT2D eigenvalue weighted by molar-refractivity contribution is -0.385. The molecule has 104 valence electrons. The van der Waals surface area contributed by atoms with Crippen LogP contribution in [0.2, 0.25) is 0 Å². The van der Waals surface area contributed by atoms with Gasteiger partial charge in [0, 0.05) is 11.4 Å². The average Bonchev–Trinajstić information content (AvgIpc) is 2.78. The van der Waals surface area contributed by atoms with Gasteiger partial charge in [-0.3, -0.25) is 14.9 Å². The number of halogens is 1. The van der Waals surface area contributed by atoms with E-state index in [1.807, 2.05) is 0 Å². The van der Waals surface area contributed by atoms with Gasteiger partial charge in [-0.15, -0.1) is 11.3 Å². The lowest BCUT2D eigenvalue weighted by Gasteiger charge is -1.99. The van der Waals surface area contributed by atoms with Crippen molar-refractivity contribution in [2.45, 2.75) is 15.7 Å². The number of aliphatic carboxylic acids is 1. The largest absolute Gasteiger partial charge is 0.481 e. The number of hydrogen-bond acceptors (Lipinski definition) is 6.